The lowest BCUT2D eigenvalue weighted by molar-refractivity contribution is -0.224. The van der Waals surface area contributed by atoms with Crippen LogP contribution in [0.25, 0.3) is 0 Å². The number of benzene rings is 6. The number of ether oxygens (including phenoxy) is 2. The summed E-state index contributed by atoms with van der Waals surface area (Å²) in [5.74, 6) is -0.278. The Hall–Kier alpha value is -5.83. The van der Waals surface area contributed by atoms with Gasteiger partial charge in [-0.25, -0.2) is 4.98 Å². The van der Waals surface area contributed by atoms with Gasteiger partial charge in [0.25, 0.3) is 22.5 Å². The minimum Gasteiger partial charge on any atom is -0.435 e. The number of thiazole rings is 1. The SMILES string of the molecule is CC(C)(C)C1CN(c2nc(C(=O)NC(CO[Si](c3ccccc3)(c3ccccc3)C(C)(C)C)CO[Si](c3ccccc3)(c3ccccc3)C(C)(C)C)cs2)C1(Oc1ccccc1)Oc1ccccc1. The molecule has 1 N–H and O–H groups in total. The van der Waals surface area contributed by atoms with E-state index < -0.39 is 28.6 Å². The van der Waals surface area contributed by atoms with E-state index in [1.54, 1.807) is 0 Å². The van der Waals surface area contributed by atoms with Gasteiger partial charge >= 0.3 is 5.91 Å². The normalized spacial score (nSPS) is 15.3. The number of nitrogens with one attached hydrogen (secondary N) is 1. The number of hydrogen-bond acceptors (Lipinski definition) is 8. The second-order valence-corrected chi connectivity index (χ2v) is 30.6. The fourth-order valence-electron chi connectivity index (χ4n) is 9.98. The number of amides is 1. The van der Waals surface area contributed by atoms with Gasteiger partial charge in [0.2, 0.25) is 0 Å². The molecule has 0 spiro atoms. The molecule has 0 radical (unpaired) electrons. The second kappa shape index (κ2) is 20.3. The monoisotopic (exact) mass is 973 g/mol. The minimum atomic E-state index is -3.04. The molecule has 1 unspecified atom stereocenters. The number of anilines is 1. The zero-order valence-corrected chi connectivity index (χ0v) is 44.3. The van der Waals surface area contributed by atoms with Gasteiger partial charge in [0.05, 0.1) is 25.2 Å². The van der Waals surface area contributed by atoms with Crippen LogP contribution in [-0.4, -0.2) is 59.2 Å². The Bertz CT molecular complexity index is 2500. The third kappa shape index (κ3) is 10.1. The highest BCUT2D eigenvalue weighted by Gasteiger charge is 2.64. The number of rotatable bonds is 17. The van der Waals surface area contributed by atoms with Crippen molar-refractivity contribution in [3.63, 3.8) is 0 Å². The standard InChI is InChI=1S/C58H67N3O5SSi2/c1-55(2,3)52-40-61(58(52,65-45-28-16-10-17-29-45)66-46-30-18-11-19-31-46)54-60-51(43-67-54)53(62)59-44(41-63-68(56(4,5)6,47-32-20-12-21-33-47)48-34-22-13-23-35-48)42-64-69(57(7,8)9,49-36-24-14-25-37-49)50-38-26-15-27-39-50/h10-39,43-44,52H,40-42H2,1-9H3,(H,59,62). The smallest absolute Gasteiger partial charge is 0.345 e. The van der Waals surface area contributed by atoms with Crippen molar-refractivity contribution in [3.8, 4) is 11.5 Å². The van der Waals surface area contributed by atoms with E-state index >= 15 is 0 Å². The molecule has 1 atom stereocenters. The van der Waals surface area contributed by atoms with Crippen LogP contribution in [0.15, 0.2) is 187 Å². The molecule has 0 bridgehead atoms. The van der Waals surface area contributed by atoms with Gasteiger partial charge in [0, 0.05) is 11.9 Å². The van der Waals surface area contributed by atoms with Crippen molar-refractivity contribution in [3.05, 3.63) is 193 Å². The van der Waals surface area contributed by atoms with E-state index in [4.69, 9.17) is 23.3 Å². The van der Waals surface area contributed by atoms with Crippen molar-refractivity contribution < 1.29 is 23.1 Å². The zero-order valence-electron chi connectivity index (χ0n) is 41.5. The molecule has 0 saturated carbocycles. The first kappa shape index (κ1) is 49.6. The van der Waals surface area contributed by atoms with Gasteiger partial charge in [-0.1, -0.05) is 220 Å². The molecule has 6 aromatic carbocycles. The lowest BCUT2D eigenvalue weighted by Gasteiger charge is -2.59. The lowest BCUT2D eigenvalue weighted by atomic mass is 9.72. The van der Waals surface area contributed by atoms with Crippen LogP contribution in [0.4, 0.5) is 5.13 Å². The molecule has 1 fully saturated rings. The fourth-order valence-corrected chi connectivity index (χ4v) is 20.0. The van der Waals surface area contributed by atoms with Crippen LogP contribution in [-0.2, 0) is 8.85 Å². The summed E-state index contributed by atoms with van der Waals surface area (Å²) in [5, 5.41) is 9.94. The summed E-state index contributed by atoms with van der Waals surface area (Å²) in [7, 11) is -6.07. The van der Waals surface area contributed by atoms with Crippen LogP contribution in [0.1, 0.15) is 72.8 Å². The summed E-state index contributed by atoms with van der Waals surface area (Å²) in [5.41, 5.74) is 0.0874. The Kier molecular flexibility index (Phi) is 14.6. The molecular formula is C58H67N3O5SSi2. The summed E-state index contributed by atoms with van der Waals surface area (Å²) in [6.45, 7) is 21.2. The molecular weight excluding hydrogens is 907 g/mol. The predicted octanol–water partition coefficient (Wildman–Crippen LogP) is 10.7. The third-order valence-corrected chi connectivity index (χ3v) is 24.2. The average molecular weight is 974 g/mol. The number of nitrogens with zero attached hydrogens (tertiary/aromatic N) is 2. The van der Waals surface area contributed by atoms with E-state index in [9.17, 15) is 4.79 Å². The Morgan fingerprint density at radius 3 is 1.28 bits per heavy atom. The molecule has 2 heterocycles. The van der Waals surface area contributed by atoms with Crippen molar-refractivity contribution in [2.45, 2.75) is 84.3 Å². The molecule has 11 heteroatoms. The summed E-state index contributed by atoms with van der Waals surface area (Å²) in [6.07, 6.45) is 0. The van der Waals surface area contributed by atoms with Gasteiger partial charge in [0.15, 0.2) is 5.13 Å². The largest absolute Gasteiger partial charge is 0.435 e. The topological polar surface area (TPSA) is 82.2 Å². The van der Waals surface area contributed by atoms with Crippen LogP contribution in [0.3, 0.4) is 0 Å². The summed E-state index contributed by atoms with van der Waals surface area (Å²) >= 11 is 1.40. The number of para-hydroxylation sites is 2. The Morgan fingerprint density at radius 2 is 0.942 bits per heavy atom. The van der Waals surface area contributed by atoms with Crippen molar-refractivity contribution in [2.75, 3.05) is 24.7 Å². The molecule has 358 valence electrons. The van der Waals surface area contributed by atoms with E-state index in [2.05, 4.69) is 170 Å². The number of carbonyl (C=O) groups is 1. The van der Waals surface area contributed by atoms with Gasteiger partial charge in [0.1, 0.15) is 17.2 Å². The van der Waals surface area contributed by atoms with E-state index in [-0.39, 0.29) is 40.5 Å². The molecule has 0 aliphatic carbocycles. The lowest BCUT2D eigenvalue weighted by Crippen LogP contribution is -2.76. The first-order valence-electron chi connectivity index (χ1n) is 24.0. The first-order chi connectivity index (χ1) is 33.0. The van der Waals surface area contributed by atoms with Crippen molar-refractivity contribution in [1.82, 2.24) is 10.3 Å². The van der Waals surface area contributed by atoms with Crippen molar-refractivity contribution in [2.24, 2.45) is 11.3 Å². The summed E-state index contributed by atoms with van der Waals surface area (Å²) in [4.78, 5) is 22.1. The first-order valence-corrected chi connectivity index (χ1v) is 28.7. The highest BCUT2D eigenvalue weighted by molar-refractivity contribution is 7.14. The van der Waals surface area contributed by atoms with Crippen LogP contribution in [0.5, 0.6) is 11.5 Å². The van der Waals surface area contributed by atoms with Crippen LogP contribution < -0.4 is 40.4 Å². The predicted molar refractivity (Wildman–Crippen MR) is 288 cm³/mol. The van der Waals surface area contributed by atoms with E-state index in [0.29, 0.717) is 28.9 Å². The maximum absolute atomic E-state index is 15.0. The molecule has 1 saturated heterocycles. The Labute approximate surface area is 415 Å². The number of carbonyl (C=O) groups excluding carboxylic acids is 1. The highest BCUT2D eigenvalue weighted by Crippen LogP contribution is 2.51. The van der Waals surface area contributed by atoms with E-state index in [1.807, 2.05) is 90.3 Å². The number of hydrogen-bond donors (Lipinski definition) is 1. The van der Waals surface area contributed by atoms with E-state index in [0.717, 1.165) is 20.7 Å². The number of aromatic nitrogens is 1. The fraction of sp³-hybridized carbons (Fsp3) is 0.310. The van der Waals surface area contributed by atoms with Crippen molar-refractivity contribution in [1.29, 1.82) is 0 Å². The maximum atomic E-state index is 15.0. The molecule has 8 rings (SSSR count). The minimum absolute atomic E-state index is 0.0618. The van der Waals surface area contributed by atoms with Gasteiger partial charge < -0.3 is 23.6 Å². The van der Waals surface area contributed by atoms with Gasteiger partial charge in [-0.05, 0) is 60.5 Å². The summed E-state index contributed by atoms with van der Waals surface area (Å²) < 4.78 is 29.1. The van der Waals surface area contributed by atoms with Crippen LogP contribution in [0, 0.1) is 11.3 Å². The zero-order chi connectivity index (χ0) is 48.9. The molecule has 1 amide bonds. The molecule has 1 aliphatic heterocycles. The van der Waals surface area contributed by atoms with Gasteiger partial charge in [-0.2, -0.15) is 0 Å². The van der Waals surface area contributed by atoms with Crippen LogP contribution >= 0.6 is 11.3 Å². The Balaban J connectivity index is 1.17. The molecule has 7 aromatic rings. The van der Waals surface area contributed by atoms with Crippen LogP contribution in [0.2, 0.25) is 10.1 Å². The van der Waals surface area contributed by atoms with E-state index in [1.165, 1.54) is 11.3 Å². The highest BCUT2D eigenvalue weighted by atomic mass is 32.1. The molecule has 1 aromatic heterocycles. The average Bonchev–Trinajstić information content (AvgIpc) is 3.81. The molecule has 1 aliphatic rings. The molecule has 69 heavy (non-hydrogen) atoms. The van der Waals surface area contributed by atoms with Gasteiger partial charge in [-0.3, -0.25) is 9.69 Å². The van der Waals surface area contributed by atoms with Crippen molar-refractivity contribution >= 4 is 59.8 Å². The van der Waals surface area contributed by atoms with Gasteiger partial charge in [-0.15, -0.1) is 11.3 Å². The molecule has 8 nitrogen and oxygen atoms in total. The second-order valence-electron chi connectivity index (χ2n) is 21.1. The third-order valence-electron chi connectivity index (χ3n) is 13.4. The maximum Gasteiger partial charge on any atom is 0.345 e. The quantitative estimate of drug-likeness (QED) is 0.0719. The Morgan fingerprint density at radius 1 is 0.594 bits per heavy atom. The summed E-state index contributed by atoms with van der Waals surface area (Å²) in [6, 6.07) is 61.4.